The van der Waals surface area contributed by atoms with E-state index in [1.54, 1.807) is 24.3 Å². The fraction of sp³-hybridized carbons (Fsp3) is 0.192. The molecule has 38 heavy (non-hydrogen) atoms. The number of alkyl halides is 3. The standard InChI is InChI=1S/C26H20F3N3O5S/c27-26(28,29)37-19-9-7-18(8-10-19)30-24(34)22-13-23(33)32(25(38-22)31-17-4-2-1-3-5-17)14-16-6-11-20-21(12-16)36-15-35-20/h1-12,22H,13-15H2,(H,30,34)/t22-/m1/s1. The van der Waals surface area contributed by atoms with E-state index in [9.17, 15) is 22.8 Å². The van der Waals surface area contributed by atoms with Crippen LogP contribution in [0.1, 0.15) is 12.0 Å². The first kappa shape index (κ1) is 25.5. The molecular formula is C26H20F3N3O5S. The lowest BCUT2D eigenvalue weighted by Gasteiger charge is -2.32. The van der Waals surface area contributed by atoms with Gasteiger partial charge in [-0.25, -0.2) is 4.99 Å². The summed E-state index contributed by atoms with van der Waals surface area (Å²) in [4.78, 5) is 32.4. The highest BCUT2D eigenvalue weighted by molar-refractivity contribution is 8.15. The Morgan fingerprint density at radius 3 is 2.53 bits per heavy atom. The first-order chi connectivity index (χ1) is 18.2. The Balaban J connectivity index is 1.33. The molecule has 8 nitrogen and oxygen atoms in total. The summed E-state index contributed by atoms with van der Waals surface area (Å²) in [6.45, 7) is 0.343. The van der Waals surface area contributed by atoms with E-state index in [0.29, 0.717) is 22.4 Å². The first-order valence-corrected chi connectivity index (χ1v) is 12.3. The predicted molar refractivity (Wildman–Crippen MR) is 134 cm³/mol. The Labute approximate surface area is 219 Å². The molecule has 0 spiro atoms. The fourth-order valence-corrected chi connectivity index (χ4v) is 4.89. The van der Waals surface area contributed by atoms with E-state index in [1.807, 2.05) is 24.3 Å². The van der Waals surface area contributed by atoms with Gasteiger partial charge < -0.3 is 19.5 Å². The van der Waals surface area contributed by atoms with Gasteiger partial charge in [0.05, 0.1) is 12.2 Å². The summed E-state index contributed by atoms with van der Waals surface area (Å²) in [6.07, 6.45) is -4.91. The molecule has 1 saturated heterocycles. The van der Waals surface area contributed by atoms with Gasteiger partial charge in [0.2, 0.25) is 18.6 Å². The Bertz CT molecular complexity index is 1370. The Morgan fingerprint density at radius 1 is 1.05 bits per heavy atom. The average Bonchev–Trinajstić information content (AvgIpc) is 3.35. The SMILES string of the molecule is O=C(Nc1ccc(OC(F)(F)F)cc1)[C@H]1CC(=O)N(Cc2ccc3c(c2)OCO3)C(=Nc2ccccc2)S1. The number of anilines is 1. The van der Waals surface area contributed by atoms with Crippen molar-refractivity contribution in [1.82, 2.24) is 4.90 Å². The molecule has 3 aromatic carbocycles. The summed E-state index contributed by atoms with van der Waals surface area (Å²) < 4.78 is 51.8. The van der Waals surface area contributed by atoms with Crippen LogP contribution >= 0.6 is 11.8 Å². The summed E-state index contributed by atoms with van der Waals surface area (Å²) in [5.41, 5.74) is 1.68. The van der Waals surface area contributed by atoms with E-state index in [2.05, 4.69) is 15.0 Å². The number of carbonyl (C=O) groups excluding carboxylic acids is 2. The number of aliphatic imine (C=N–C) groups is 1. The summed E-state index contributed by atoms with van der Waals surface area (Å²) >= 11 is 1.13. The molecule has 12 heteroatoms. The Morgan fingerprint density at radius 2 is 1.79 bits per heavy atom. The second-order valence-corrected chi connectivity index (χ2v) is 9.44. The zero-order valence-electron chi connectivity index (χ0n) is 19.6. The average molecular weight is 544 g/mol. The monoisotopic (exact) mass is 543 g/mol. The van der Waals surface area contributed by atoms with Gasteiger partial charge >= 0.3 is 6.36 Å². The van der Waals surface area contributed by atoms with Gasteiger partial charge in [-0.2, -0.15) is 0 Å². The van der Waals surface area contributed by atoms with E-state index in [-0.39, 0.29) is 31.4 Å². The molecular weight excluding hydrogens is 523 g/mol. The van der Waals surface area contributed by atoms with Crippen LogP contribution in [0.5, 0.6) is 17.2 Å². The topological polar surface area (TPSA) is 89.5 Å². The van der Waals surface area contributed by atoms with Crippen molar-refractivity contribution in [2.75, 3.05) is 12.1 Å². The molecule has 196 valence electrons. The van der Waals surface area contributed by atoms with Crippen LogP contribution < -0.4 is 19.5 Å². The Hall–Kier alpha value is -4.19. The molecule has 2 amide bonds. The Kier molecular flexibility index (Phi) is 7.14. The second kappa shape index (κ2) is 10.7. The van der Waals surface area contributed by atoms with Crippen LogP contribution in [0.2, 0.25) is 0 Å². The van der Waals surface area contributed by atoms with Gasteiger partial charge in [0.1, 0.15) is 11.0 Å². The highest BCUT2D eigenvalue weighted by Crippen LogP contribution is 2.35. The quantitative estimate of drug-likeness (QED) is 0.443. The lowest BCUT2D eigenvalue weighted by Crippen LogP contribution is -2.44. The largest absolute Gasteiger partial charge is 0.573 e. The lowest BCUT2D eigenvalue weighted by atomic mass is 10.1. The molecule has 0 radical (unpaired) electrons. The van der Waals surface area contributed by atoms with Crippen LogP contribution in [-0.2, 0) is 16.1 Å². The summed E-state index contributed by atoms with van der Waals surface area (Å²) in [6, 6.07) is 19.2. The highest BCUT2D eigenvalue weighted by atomic mass is 32.2. The number of amidine groups is 1. The number of benzene rings is 3. The number of ether oxygens (including phenoxy) is 3. The molecule has 2 aliphatic heterocycles. The molecule has 1 atom stereocenters. The third-order valence-corrected chi connectivity index (χ3v) is 6.73. The van der Waals surface area contributed by atoms with Gasteiger partial charge in [-0.3, -0.25) is 14.5 Å². The maximum absolute atomic E-state index is 13.3. The number of nitrogens with one attached hydrogen (secondary N) is 1. The number of hydrogen-bond acceptors (Lipinski definition) is 7. The number of carbonyl (C=O) groups is 2. The van der Waals surface area contributed by atoms with Gasteiger partial charge in [-0.05, 0) is 54.1 Å². The van der Waals surface area contributed by atoms with Crippen LogP contribution in [0, 0.1) is 0 Å². The number of nitrogens with zero attached hydrogens (tertiary/aromatic N) is 2. The number of rotatable bonds is 6. The number of para-hydroxylation sites is 1. The predicted octanol–water partition coefficient (Wildman–Crippen LogP) is 5.47. The highest BCUT2D eigenvalue weighted by Gasteiger charge is 2.36. The van der Waals surface area contributed by atoms with Gasteiger partial charge in [0, 0.05) is 12.1 Å². The van der Waals surface area contributed by atoms with Crippen LogP contribution in [0.4, 0.5) is 24.5 Å². The minimum Gasteiger partial charge on any atom is -0.454 e. The van der Waals surface area contributed by atoms with Gasteiger partial charge in [0.25, 0.3) is 0 Å². The van der Waals surface area contributed by atoms with E-state index in [1.165, 1.54) is 17.0 Å². The summed E-state index contributed by atoms with van der Waals surface area (Å²) in [7, 11) is 0. The maximum Gasteiger partial charge on any atom is 0.573 e. The summed E-state index contributed by atoms with van der Waals surface area (Å²) in [5, 5.41) is 2.19. The third kappa shape index (κ3) is 6.20. The van der Waals surface area contributed by atoms with Crippen molar-refractivity contribution in [3.8, 4) is 17.2 Å². The molecule has 2 aliphatic rings. The fourth-order valence-electron chi connectivity index (χ4n) is 3.79. The minimum atomic E-state index is -4.81. The number of amides is 2. The molecule has 1 fully saturated rings. The van der Waals surface area contributed by atoms with Crippen molar-refractivity contribution in [1.29, 1.82) is 0 Å². The van der Waals surface area contributed by atoms with E-state index >= 15 is 0 Å². The van der Waals surface area contributed by atoms with Crippen molar-refractivity contribution in [2.45, 2.75) is 24.6 Å². The number of halogens is 3. The van der Waals surface area contributed by atoms with Crippen molar-refractivity contribution in [3.05, 3.63) is 78.4 Å². The molecule has 2 heterocycles. The second-order valence-electron chi connectivity index (χ2n) is 8.27. The smallest absolute Gasteiger partial charge is 0.454 e. The van der Waals surface area contributed by atoms with Crippen molar-refractivity contribution >= 4 is 40.1 Å². The molecule has 3 aromatic rings. The molecule has 5 rings (SSSR count). The molecule has 0 saturated carbocycles. The lowest BCUT2D eigenvalue weighted by molar-refractivity contribution is -0.274. The van der Waals surface area contributed by atoms with Gasteiger partial charge in [-0.1, -0.05) is 36.0 Å². The number of hydrogen-bond donors (Lipinski definition) is 1. The molecule has 0 aliphatic carbocycles. The normalized spacial score (nSPS) is 18.0. The van der Waals surface area contributed by atoms with E-state index in [4.69, 9.17) is 9.47 Å². The zero-order valence-corrected chi connectivity index (χ0v) is 20.4. The van der Waals surface area contributed by atoms with Gasteiger partial charge in [0.15, 0.2) is 16.7 Å². The van der Waals surface area contributed by atoms with Crippen molar-refractivity contribution < 1.29 is 37.0 Å². The minimum absolute atomic E-state index is 0.0931. The molecule has 0 unspecified atom stereocenters. The summed E-state index contributed by atoms with van der Waals surface area (Å²) in [5.74, 6) is 0.0294. The van der Waals surface area contributed by atoms with Crippen LogP contribution in [0.3, 0.4) is 0 Å². The van der Waals surface area contributed by atoms with E-state index in [0.717, 1.165) is 29.5 Å². The van der Waals surface area contributed by atoms with Gasteiger partial charge in [-0.15, -0.1) is 13.2 Å². The van der Waals surface area contributed by atoms with Crippen molar-refractivity contribution in [3.63, 3.8) is 0 Å². The number of thioether (sulfide) groups is 1. The molecule has 1 N–H and O–H groups in total. The van der Waals surface area contributed by atoms with Crippen LogP contribution in [-0.4, -0.2) is 40.3 Å². The van der Waals surface area contributed by atoms with Crippen LogP contribution in [0.15, 0.2) is 77.8 Å². The maximum atomic E-state index is 13.3. The molecule has 0 aromatic heterocycles. The van der Waals surface area contributed by atoms with E-state index < -0.39 is 23.3 Å². The zero-order chi connectivity index (χ0) is 26.7. The number of fused-ring (bicyclic) bond motifs is 1. The first-order valence-electron chi connectivity index (χ1n) is 11.4. The van der Waals surface area contributed by atoms with Crippen LogP contribution in [0.25, 0.3) is 0 Å². The van der Waals surface area contributed by atoms with Crippen molar-refractivity contribution in [2.24, 2.45) is 4.99 Å². The molecule has 0 bridgehead atoms. The third-order valence-electron chi connectivity index (χ3n) is 5.55.